The molecule has 0 bridgehead atoms. The minimum atomic E-state index is -0.651. The first kappa shape index (κ1) is 17.6. The highest BCUT2D eigenvalue weighted by molar-refractivity contribution is 5.81. The van der Waals surface area contributed by atoms with E-state index in [1.54, 1.807) is 19.0 Å². The molecule has 3 fully saturated rings. The van der Waals surface area contributed by atoms with Crippen molar-refractivity contribution in [3.05, 3.63) is 0 Å². The van der Waals surface area contributed by atoms with Crippen LogP contribution in [0.2, 0.25) is 0 Å². The van der Waals surface area contributed by atoms with Gasteiger partial charge in [0.25, 0.3) is 0 Å². The molecule has 0 aromatic rings. The highest BCUT2D eigenvalue weighted by Gasteiger charge is 2.43. The van der Waals surface area contributed by atoms with E-state index in [0.29, 0.717) is 19.6 Å². The van der Waals surface area contributed by atoms with Crippen LogP contribution < -0.4 is 0 Å². The van der Waals surface area contributed by atoms with Crippen LogP contribution in [0.3, 0.4) is 0 Å². The second-order valence-corrected chi connectivity index (χ2v) is 7.39. The zero-order valence-electron chi connectivity index (χ0n) is 14.5. The highest BCUT2D eigenvalue weighted by atomic mass is 16.5. The smallest absolute Gasteiger partial charge is 0.226 e. The molecule has 2 saturated heterocycles. The van der Waals surface area contributed by atoms with Crippen LogP contribution in [0.15, 0.2) is 0 Å². The van der Waals surface area contributed by atoms with Gasteiger partial charge >= 0.3 is 0 Å². The molecular weight excluding hydrogens is 312 g/mol. The Morgan fingerprint density at radius 3 is 2.58 bits per heavy atom. The zero-order chi connectivity index (χ0) is 17.3. The predicted octanol–water partition coefficient (Wildman–Crippen LogP) is 0.0106. The Balaban J connectivity index is 1.67. The van der Waals surface area contributed by atoms with Crippen LogP contribution >= 0.6 is 0 Å². The quantitative estimate of drug-likeness (QED) is 0.783. The Kier molecular flexibility index (Phi) is 5.42. The summed E-state index contributed by atoms with van der Waals surface area (Å²) in [5, 5.41) is 10.0. The topological polar surface area (TPSA) is 79.3 Å². The van der Waals surface area contributed by atoms with Gasteiger partial charge in [-0.15, -0.1) is 0 Å². The highest BCUT2D eigenvalue weighted by Crippen LogP contribution is 2.35. The van der Waals surface area contributed by atoms with Crippen molar-refractivity contribution in [1.82, 2.24) is 9.80 Å². The summed E-state index contributed by atoms with van der Waals surface area (Å²) in [4.78, 5) is 27.9. The van der Waals surface area contributed by atoms with E-state index in [2.05, 4.69) is 0 Å². The number of hydrogen-bond acceptors (Lipinski definition) is 5. The summed E-state index contributed by atoms with van der Waals surface area (Å²) in [6.07, 6.45) is 2.76. The lowest BCUT2D eigenvalue weighted by Crippen LogP contribution is -2.57. The maximum Gasteiger partial charge on any atom is 0.226 e. The molecule has 2 heterocycles. The normalized spacial score (nSPS) is 34.0. The third-order valence-electron chi connectivity index (χ3n) is 5.09. The summed E-state index contributed by atoms with van der Waals surface area (Å²) in [6.45, 7) is 0.867. The van der Waals surface area contributed by atoms with Crippen molar-refractivity contribution >= 4 is 11.8 Å². The molecule has 0 unspecified atom stereocenters. The molecule has 2 aliphatic heterocycles. The number of nitrogens with zero attached hydrogens (tertiary/aromatic N) is 2. The van der Waals surface area contributed by atoms with Crippen LogP contribution in [0.1, 0.15) is 32.1 Å². The van der Waals surface area contributed by atoms with E-state index in [1.165, 1.54) is 0 Å². The van der Waals surface area contributed by atoms with Crippen LogP contribution in [0, 0.1) is 5.92 Å². The van der Waals surface area contributed by atoms with Crippen molar-refractivity contribution in [2.24, 2.45) is 5.92 Å². The Morgan fingerprint density at radius 1 is 1.17 bits per heavy atom. The SMILES string of the molecule is CN(C)C(=O)C[C@H]1CC[C@@H]2[C@H](COC[C@@H](O)CN2C(=O)C2CC2)O1. The van der Waals surface area contributed by atoms with Crippen LogP contribution in [0.4, 0.5) is 0 Å². The van der Waals surface area contributed by atoms with Crippen LogP contribution in [-0.2, 0) is 19.1 Å². The Bertz CT molecular complexity index is 480. The molecule has 1 N–H and O–H groups in total. The third-order valence-corrected chi connectivity index (χ3v) is 5.09. The van der Waals surface area contributed by atoms with Crippen molar-refractivity contribution in [2.75, 3.05) is 33.9 Å². The number of carbonyl (C=O) groups is 2. The molecule has 0 aromatic heterocycles. The van der Waals surface area contributed by atoms with Crippen molar-refractivity contribution in [3.8, 4) is 0 Å². The molecule has 2 amide bonds. The summed E-state index contributed by atoms with van der Waals surface area (Å²) in [6, 6.07) is -0.0706. The van der Waals surface area contributed by atoms with Crippen molar-refractivity contribution in [2.45, 2.75) is 56.5 Å². The van der Waals surface area contributed by atoms with Crippen LogP contribution in [0.25, 0.3) is 0 Å². The zero-order valence-corrected chi connectivity index (χ0v) is 14.5. The first-order valence-corrected chi connectivity index (χ1v) is 8.87. The summed E-state index contributed by atoms with van der Waals surface area (Å²) < 4.78 is 11.7. The fourth-order valence-corrected chi connectivity index (χ4v) is 3.54. The first-order chi connectivity index (χ1) is 11.5. The molecule has 0 aromatic carbocycles. The Morgan fingerprint density at radius 2 is 1.92 bits per heavy atom. The van der Waals surface area contributed by atoms with Gasteiger partial charge in [-0.1, -0.05) is 0 Å². The number of ether oxygens (including phenoxy) is 2. The number of aliphatic hydroxyl groups excluding tert-OH is 1. The standard InChI is InChI=1S/C17H28N2O5/c1-18(2)16(21)7-13-5-6-14-15(24-13)10-23-9-12(20)8-19(14)17(22)11-3-4-11/h11-15,20H,3-10H2,1-2H3/t12-,13+,14+,15-/m0/s1. The van der Waals surface area contributed by atoms with Crippen LogP contribution in [-0.4, -0.2) is 84.9 Å². The van der Waals surface area contributed by atoms with Gasteiger partial charge in [-0.05, 0) is 25.7 Å². The van der Waals surface area contributed by atoms with E-state index in [1.807, 2.05) is 4.90 Å². The van der Waals surface area contributed by atoms with Gasteiger partial charge in [-0.3, -0.25) is 9.59 Å². The molecule has 24 heavy (non-hydrogen) atoms. The van der Waals surface area contributed by atoms with Gasteiger partial charge < -0.3 is 24.4 Å². The van der Waals surface area contributed by atoms with Gasteiger partial charge in [0.1, 0.15) is 6.10 Å². The molecule has 3 rings (SSSR count). The van der Waals surface area contributed by atoms with E-state index in [4.69, 9.17) is 9.47 Å². The number of hydrogen-bond donors (Lipinski definition) is 1. The lowest BCUT2D eigenvalue weighted by Gasteiger charge is -2.44. The number of rotatable bonds is 3. The second kappa shape index (κ2) is 7.37. The van der Waals surface area contributed by atoms with Gasteiger partial charge in [-0.2, -0.15) is 0 Å². The van der Waals surface area contributed by atoms with E-state index < -0.39 is 6.10 Å². The molecule has 4 atom stereocenters. The molecule has 1 saturated carbocycles. The minimum Gasteiger partial charge on any atom is -0.389 e. The largest absolute Gasteiger partial charge is 0.389 e. The summed E-state index contributed by atoms with van der Waals surface area (Å²) >= 11 is 0. The van der Waals surface area contributed by atoms with Gasteiger partial charge in [0.05, 0.1) is 37.9 Å². The number of amides is 2. The van der Waals surface area contributed by atoms with E-state index >= 15 is 0 Å². The summed E-state index contributed by atoms with van der Waals surface area (Å²) in [5.74, 6) is 0.301. The average Bonchev–Trinajstić information content (AvgIpc) is 3.35. The van der Waals surface area contributed by atoms with Gasteiger partial charge in [0.2, 0.25) is 11.8 Å². The van der Waals surface area contributed by atoms with Crippen molar-refractivity contribution < 1.29 is 24.2 Å². The lowest BCUT2D eigenvalue weighted by molar-refractivity contribution is -0.171. The maximum atomic E-state index is 12.6. The molecule has 0 radical (unpaired) electrons. The Hall–Kier alpha value is -1.18. The monoisotopic (exact) mass is 340 g/mol. The predicted molar refractivity (Wildman–Crippen MR) is 86.3 cm³/mol. The van der Waals surface area contributed by atoms with Crippen molar-refractivity contribution in [3.63, 3.8) is 0 Å². The lowest BCUT2D eigenvalue weighted by atomic mass is 9.94. The minimum absolute atomic E-state index is 0.0477. The molecule has 1 aliphatic carbocycles. The molecular formula is C17H28N2O5. The second-order valence-electron chi connectivity index (χ2n) is 7.39. The van der Waals surface area contributed by atoms with E-state index in [0.717, 1.165) is 25.7 Å². The van der Waals surface area contributed by atoms with Gasteiger partial charge in [0, 0.05) is 26.6 Å². The first-order valence-electron chi connectivity index (χ1n) is 8.87. The molecule has 136 valence electrons. The Labute approximate surface area is 142 Å². The fourth-order valence-electron chi connectivity index (χ4n) is 3.54. The fraction of sp³-hybridized carbons (Fsp3) is 0.882. The number of carbonyl (C=O) groups excluding carboxylic acids is 2. The maximum absolute atomic E-state index is 12.6. The summed E-state index contributed by atoms with van der Waals surface area (Å²) in [7, 11) is 3.48. The number of β-amino-alcohol motifs (C(OH)–C–C–N with tert-alkyl or cyclic N) is 1. The molecule has 7 heteroatoms. The molecule has 0 spiro atoms. The van der Waals surface area contributed by atoms with Crippen LogP contribution in [0.5, 0.6) is 0 Å². The average molecular weight is 340 g/mol. The van der Waals surface area contributed by atoms with Gasteiger partial charge in [0.15, 0.2) is 0 Å². The number of fused-ring (bicyclic) bond motifs is 1. The number of aliphatic hydroxyl groups is 1. The van der Waals surface area contributed by atoms with E-state index in [-0.39, 0.29) is 42.6 Å². The summed E-state index contributed by atoms with van der Waals surface area (Å²) in [5.41, 5.74) is 0. The van der Waals surface area contributed by atoms with E-state index in [9.17, 15) is 14.7 Å². The molecule has 3 aliphatic rings. The third kappa shape index (κ3) is 4.07. The molecule has 7 nitrogen and oxygen atoms in total. The van der Waals surface area contributed by atoms with Gasteiger partial charge in [-0.25, -0.2) is 0 Å². The van der Waals surface area contributed by atoms with Crippen molar-refractivity contribution in [1.29, 1.82) is 0 Å².